The molecule has 2 saturated carbocycles. The van der Waals surface area contributed by atoms with Crippen molar-refractivity contribution >= 4 is 15.8 Å². The van der Waals surface area contributed by atoms with Crippen LogP contribution in [0.5, 0.6) is 0 Å². The fraction of sp³-hybridized carbons (Fsp3) is 0.632. The van der Waals surface area contributed by atoms with Crippen LogP contribution in [-0.2, 0) is 14.8 Å². The van der Waals surface area contributed by atoms with Crippen molar-refractivity contribution in [2.75, 3.05) is 12.3 Å². The number of benzene rings is 1. The topological polar surface area (TPSA) is 54.5 Å². The number of Topliss-reactive ketones (excluding diaryl/α,β-unsaturated/α-hetero) is 1. The SMILES string of the molecule is CC1(C)[C@H]2CC[C@@]1(CS(=O)(=O)N1CC[C@H]1c1ccccc1)C(=O)C2. The molecule has 1 aromatic rings. The van der Waals surface area contributed by atoms with Gasteiger partial charge < -0.3 is 0 Å². The number of nitrogens with zero attached hydrogens (tertiary/aromatic N) is 1. The van der Waals surface area contributed by atoms with E-state index in [0.717, 1.165) is 24.8 Å². The highest BCUT2D eigenvalue weighted by atomic mass is 32.2. The van der Waals surface area contributed by atoms with Crippen LogP contribution in [0.25, 0.3) is 0 Å². The van der Waals surface area contributed by atoms with Gasteiger partial charge in [-0.15, -0.1) is 0 Å². The van der Waals surface area contributed by atoms with Crippen LogP contribution in [0.4, 0.5) is 0 Å². The third-order valence-electron chi connectivity index (χ3n) is 7.08. The molecule has 0 amide bonds. The maximum Gasteiger partial charge on any atom is 0.215 e. The number of rotatable bonds is 4. The molecule has 1 aliphatic heterocycles. The molecule has 4 nitrogen and oxygen atoms in total. The zero-order chi connectivity index (χ0) is 17.2. The van der Waals surface area contributed by atoms with E-state index in [0.29, 0.717) is 18.9 Å². The number of hydrogen-bond donors (Lipinski definition) is 0. The summed E-state index contributed by atoms with van der Waals surface area (Å²) in [6.07, 6.45) is 3.13. The largest absolute Gasteiger partial charge is 0.299 e. The molecule has 3 aliphatic rings. The summed E-state index contributed by atoms with van der Waals surface area (Å²) in [5.74, 6) is 0.511. The number of carbonyl (C=O) groups excluding carboxylic acids is 1. The van der Waals surface area contributed by atoms with E-state index in [-0.39, 0.29) is 23.0 Å². The van der Waals surface area contributed by atoms with Crippen molar-refractivity contribution < 1.29 is 13.2 Å². The number of sulfonamides is 1. The van der Waals surface area contributed by atoms with Crippen molar-refractivity contribution in [1.29, 1.82) is 0 Å². The predicted octanol–water partition coefficient (Wildman–Crippen LogP) is 3.16. The molecular formula is C19H25NO3S. The smallest absolute Gasteiger partial charge is 0.215 e. The van der Waals surface area contributed by atoms with Crippen LogP contribution >= 0.6 is 0 Å². The van der Waals surface area contributed by atoms with Gasteiger partial charge in [-0.25, -0.2) is 8.42 Å². The summed E-state index contributed by atoms with van der Waals surface area (Å²) in [5, 5.41) is 0. The molecule has 2 aliphatic carbocycles. The maximum atomic E-state index is 13.1. The first-order chi connectivity index (χ1) is 11.3. The van der Waals surface area contributed by atoms with Crippen LogP contribution < -0.4 is 0 Å². The monoisotopic (exact) mass is 347 g/mol. The Morgan fingerprint density at radius 3 is 2.38 bits per heavy atom. The van der Waals surface area contributed by atoms with Crippen molar-refractivity contribution in [3.63, 3.8) is 0 Å². The zero-order valence-electron chi connectivity index (χ0n) is 14.4. The lowest BCUT2D eigenvalue weighted by Crippen LogP contribution is -2.51. The van der Waals surface area contributed by atoms with Gasteiger partial charge >= 0.3 is 0 Å². The number of ketones is 1. The highest BCUT2D eigenvalue weighted by Crippen LogP contribution is 2.64. The molecule has 130 valence electrons. The van der Waals surface area contributed by atoms with Crippen molar-refractivity contribution in [2.24, 2.45) is 16.7 Å². The summed E-state index contributed by atoms with van der Waals surface area (Å²) in [6, 6.07) is 9.74. The average Bonchev–Trinajstić information content (AvgIpc) is 2.80. The molecule has 3 atom stereocenters. The fourth-order valence-electron chi connectivity index (χ4n) is 5.21. The first-order valence-electron chi connectivity index (χ1n) is 8.86. The van der Waals surface area contributed by atoms with Crippen molar-refractivity contribution in [3.8, 4) is 0 Å². The van der Waals surface area contributed by atoms with Gasteiger partial charge in [0.15, 0.2) is 0 Å². The number of hydrogen-bond acceptors (Lipinski definition) is 3. The lowest BCUT2D eigenvalue weighted by molar-refractivity contribution is -0.128. The third-order valence-corrected chi connectivity index (χ3v) is 9.09. The Kier molecular flexibility index (Phi) is 3.49. The van der Waals surface area contributed by atoms with E-state index >= 15 is 0 Å². The van der Waals surface area contributed by atoms with E-state index in [1.807, 2.05) is 30.3 Å². The second-order valence-electron chi connectivity index (χ2n) is 8.25. The Bertz CT molecular complexity index is 771. The molecule has 2 bridgehead atoms. The standard InChI is InChI=1S/C19H25NO3S/c1-18(2)15-8-10-19(18,17(21)12-15)13-24(22,23)20-11-9-16(20)14-6-4-3-5-7-14/h3-7,15-16H,8-13H2,1-2H3/t15-,16-,19+/m0/s1. The van der Waals surface area contributed by atoms with Crippen LogP contribution in [0, 0.1) is 16.7 Å². The van der Waals surface area contributed by atoms with E-state index in [1.54, 1.807) is 4.31 Å². The molecule has 1 heterocycles. The average molecular weight is 347 g/mol. The van der Waals surface area contributed by atoms with Crippen LogP contribution in [0.1, 0.15) is 51.1 Å². The second kappa shape index (κ2) is 5.15. The summed E-state index contributed by atoms with van der Waals surface area (Å²) in [6.45, 7) is 4.75. The molecular weight excluding hydrogens is 322 g/mol. The molecule has 4 rings (SSSR count). The van der Waals surface area contributed by atoms with Gasteiger partial charge in [-0.3, -0.25) is 4.79 Å². The zero-order valence-corrected chi connectivity index (χ0v) is 15.2. The minimum absolute atomic E-state index is 0.00827. The summed E-state index contributed by atoms with van der Waals surface area (Å²) >= 11 is 0. The first kappa shape index (κ1) is 16.3. The quantitative estimate of drug-likeness (QED) is 0.841. The van der Waals surface area contributed by atoms with E-state index < -0.39 is 15.4 Å². The molecule has 3 fully saturated rings. The second-order valence-corrected chi connectivity index (χ2v) is 10.2. The Morgan fingerprint density at radius 1 is 1.17 bits per heavy atom. The molecule has 5 heteroatoms. The first-order valence-corrected chi connectivity index (χ1v) is 10.5. The Labute approximate surface area is 144 Å². The van der Waals surface area contributed by atoms with Gasteiger partial charge in [0, 0.05) is 18.4 Å². The maximum absolute atomic E-state index is 13.1. The van der Waals surface area contributed by atoms with Crippen LogP contribution in [-0.4, -0.2) is 30.8 Å². The summed E-state index contributed by atoms with van der Waals surface area (Å²) in [5.41, 5.74) is 0.170. The minimum atomic E-state index is -3.44. The van der Waals surface area contributed by atoms with Gasteiger partial charge in [0.25, 0.3) is 0 Å². The van der Waals surface area contributed by atoms with E-state index in [1.165, 1.54) is 0 Å². The van der Waals surface area contributed by atoms with Crippen molar-refractivity contribution in [1.82, 2.24) is 4.31 Å². The molecule has 24 heavy (non-hydrogen) atoms. The highest BCUT2D eigenvalue weighted by molar-refractivity contribution is 7.89. The Hall–Kier alpha value is -1.20. The van der Waals surface area contributed by atoms with Crippen LogP contribution in [0.3, 0.4) is 0 Å². The van der Waals surface area contributed by atoms with Crippen LogP contribution in [0.15, 0.2) is 30.3 Å². The summed E-state index contributed by atoms with van der Waals surface area (Å²) < 4.78 is 27.9. The predicted molar refractivity (Wildman–Crippen MR) is 92.9 cm³/mol. The number of carbonyl (C=O) groups is 1. The van der Waals surface area contributed by atoms with E-state index in [4.69, 9.17) is 0 Å². The number of fused-ring (bicyclic) bond motifs is 2. The summed E-state index contributed by atoms with van der Waals surface area (Å²) in [4.78, 5) is 12.6. The van der Waals surface area contributed by atoms with Crippen molar-refractivity contribution in [3.05, 3.63) is 35.9 Å². The fourth-order valence-corrected chi connectivity index (χ4v) is 7.67. The highest BCUT2D eigenvalue weighted by Gasteiger charge is 2.66. The van der Waals surface area contributed by atoms with Gasteiger partial charge in [-0.2, -0.15) is 4.31 Å². The van der Waals surface area contributed by atoms with Gasteiger partial charge in [0.2, 0.25) is 10.0 Å². The molecule has 0 spiro atoms. The molecule has 0 aromatic heterocycles. The lowest BCUT2D eigenvalue weighted by atomic mass is 9.70. The molecule has 0 unspecified atom stereocenters. The third kappa shape index (κ3) is 2.07. The lowest BCUT2D eigenvalue weighted by Gasteiger charge is -2.43. The van der Waals surface area contributed by atoms with E-state index in [2.05, 4.69) is 13.8 Å². The Balaban J connectivity index is 1.62. The molecule has 1 saturated heterocycles. The summed E-state index contributed by atoms with van der Waals surface area (Å²) in [7, 11) is -3.44. The van der Waals surface area contributed by atoms with Gasteiger partial charge in [0.05, 0.1) is 11.8 Å². The Morgan fingerprint density at radius 2 is 1.88 bits per heavy atom. The van der Waals surface area contributed by atoms with Gasteiger partial charge in [0.1, 0.15) is 5.78 Å². The van der Waals surface area contributed by atoms with Crippen LogP contribution in [0.2, 0.25) is 0 Å². The molecule has 1 aromatic carbocycles. The normalized spacial score (nSPS) is 35.2. The molecule has 0 N–H and O–H groups in total. The molecule has 0 radical (unpaired) electrons. The van der Waals surface area contributed by atoms with Crippen molar-refractivity contribution in [2.45, 2.75) is 45.6 Å². The van der Waals surface area contributed by atoms with Gasteiger partial charge in [-0.1, -0.05) is 44.2 Å². The minimum Gasteiger partial charge on any atom is -0.299 e. The van der Waals surface area contributed by atoms with Gasteiger partial charge in [-0.05, 0) is 36.2 Å². The van der Waals surface area contributed by atoms with E-state index in [9.17, 15) is 13.2 Å².